The van der Waals surface area contributed by atoms with Crippen molar-refractivity contribution in [2.24, 2.45) is 0 Å². The molecule has 1 aromatic carbocycles. The second kappa shape index (κ2) is 5.17. The summed E-state index contributed by atoms with van der Waals surface area (Å²) in [5.74, 6) is 0.0864. The lowest BCUT2D eigenvalue weighted by Crippen LogP contribution is -1.97. The molecule has 4 heteroatoms. The van der Waals surface area contributed by atoms with E-state index in [2.05, 4.69) is 15.9 Å². The predicted octanol–water partition coefficient (Wildman–Crippen LogP) is 4.46. The van der Waals surface area contributed by atoms with Gasteiger partial charge in [-0.25, -0.2) is 0 Å². The molecule has 0 spiro atoms. The maximum atomic E-state index is 12.0. The molecule has 0 aliphatic carbocycles. The largest absolute Gasteiger partial charge is 0.288 e. The van der Waals surface area contributed by atoms with Gasteiger partial charge in [-0.2, -0.15) is 0 Å². The SMILES string of the molecule is CSc1ccc(C(=O)c2ccc(Br)s2)cc1. The van der Waals surface area contributed by atoms with Crippen LogP contribution in [0.15, 0.2) is 45.1 Å². The third-order valence-electron chi connectivity index (χ3n) is 2.15. The maximum Gasteiger partial charge on any atom is 0.202 e. The Morgan fingerprint density at radius 1 is 1.19 bits per heavy atom. The zero-order valence-corrected chi connectivity index (χ0v) is 11.8. The highest BCUT2D eigenvalue weighted by Crippen LogP contribution is 2.25. The van der Waals surface area contributed by atoms with Crippen molar-refractivity contribution in [3.05, 3.63) is 50.6 Å². The Bertz CT molecular complexity index is 502. The lowest BCUT2D eigenvalue weighted by Gasteiger charge is -1.99. The Hall–Kier alpha value is -0.580. The Morgan fingerprint density at radius 2 is 1.88 bits per heavy atom. The molecule has 1 nitrogen and oxygen atoms in total. The van der Waals surface area contributed by atoms with Crippen LogP contribution in [0.25, 0.3) is 0 Å². The third-order valence-corrected chi connectivity index (χ3v) is 4.52. The van der Waals surface area contributed by atoms with Gasteiger partial charge in [0.15, 0.2) is 0 Å². The molecule has 1 aromatic heterocycles. The van der Waals surface area contributed by atoms with Gasteiger partial charge in [-0.15, -0.1) is 23.1 Å². The van der Waals surface area contributed by atoms with Crippen LogP contribution in [0.5, 0.6) is 0 Å². The Balaban J connectivity index is 2.27. The van der Waals surface area contributed by atoms with E-state index >= 15 is 0 Å². The average Bonchev–Trinajstić information content (AvgIpc) is 2.75. The van der Waals surface area contributed by atoms with Crippen LogP contribution in [0, 0.1) is 0 Å². The first-order valence-electron chi connectivity index (χ1n) is 4.65. The smallest absolute Gasteiger partial charge is 0.202 e. The molecule has 2 rings (SSSR count). The predicted molar refractivity (Wildman–Crippen MR) is 73.7 cm³/mol. The van der Waals surface area contributed by atoms with Crippen LogP contribution in [-0.4, -0.2) is 12.0 Å². The summed E-state index contributed by atoms with van der Waals surface area (Å²) in [6.45, 7) is 0. The van der Waals surface area contributed by atoms with Gasteiger partial charge in [0.1, 0.15) is 0 Å². The van der Waals surface area contributed by atoms with E-state index in [0.29, 0.717) is 0 Å². The summed E-state index contributed by atoms with van der Waals surface area (Å²) in [4.78, 5) is 14.0. The van der Waals surface area contributed by atoms with Crippen molar-refractivity contribution in [3.63, 3.8) is 0 Å². The molecule has 0 saturated carbocycles. The average molecular weight is 313 g/mol. The van der Waals surface area contributed by atoms with Crippen molar-refractivity contribution in [1.82, 2.24) is 0 Å². The highest BCUT2D eigenvalue weighted by atomic mass is 79.9. The zero-order valence-electron chi connectivity index (χ0n) is 8.57. The quantitative estimate of drug-likeness (QED) is 0.614. The van der Waals surface area contributed by atoms with Crippen LogP contribution in [0.3, 0.4) is 0 Å². The van der Waals surface area contributed by atoms with Crippen LogP contribution < -0.4 is 0 Å². The first-order chi connectivity index (χ1) is 7.70. The Morgan fingerprint density at radius 3 is 2.38 bits per heavy atom. The molecule has 0 amide bonds. The first kappa shape index (κ1) is 11.9. The number of thiophene rings is 1. The fourth-order valence-electron chi connectivity index (χ4n) is 1.32. The number of carbonyl (C=O) groups excluding carboxylic acids is 1. The molecule has 0 fully saturated rings. The van der Waals surface area contributed by atoms with E-state index in [1.54, 1.807) is 11.8 Å². The number of ketones is 1. The van der Waals surface area contributed by atoms with Crippen molar-refractivity contribution in [2.75, 3.05) is 6.26 Å². The van der Waals surface area contributed by atoms with E-state index in [1.807, 2.05) is 42.7 Å². The van der Waals surface area contributed by atoms with Gasteiger partial charge in [0.2, 0.25) is 5.78 Å². The zero-order chi connectivity index (χ0) is 11.5. The lowest BCUT2D eigenvalue weighted by molar-refractivity contribution is 0.104. The highest BCUT2D eigenvalue weighted by molar-refractivity contribution is 9.11. The van der Waals surface area contributed by atoms with Gasteiger partial charge in [0.25, 0.3) is 0 Å². The monoisotopic (exact) mass is 312 g/mol. The molecule has 16 heavy (non-hydrogen) atoms. The van der Waals surface area contributed by atoms with Crippen LogP contribution >= 0.6 is 39.0 Å². The third kappa shape index (κ3) is 2.56. The number of thioether (sulfide) groups is 1. The number of rotatable bonds is 3. The molecule has 0 saturated heterocycles. The molecule has 0 aliphatic rings. The van der Waals surface area contributed by atoms with Crippen molar-refractivity contribution in [1.29, 1.82) is 0 Å². The minimum absolute atomic E-state index is 0.0864. The van der Waals surface area contributed by atoms with E-state index in [4.69, 9.17) is 0 Å². The highest BCUT2D eigenvalue weighted by Gasteiger charge is 2.10. The molecule has 0 bridgehead atoms. The summed E-state index contributed by atoms with van der Waals surface area (Å²) in [5, 5.41) is 0. The van der Waals surface area contributed by atoms with E-state index in [0.717, 1.165) is 14.2 Å². The van der Waals surface area contributed by atoms with Gasteiger partial charge < -0.3 is 0 Å². The Kier molecular flexibility index (Phi) is 3.84. The minimum Gasteiger partial charge on any atom is -0.288 e. The maximum absolute atomic E-state index is 12.0. The number of hydrogen-bond acceptors (Lipinski definition) is 3. The minimum atomic E-state index is 0.0864. The molecule has 0 atom stereocenters. The standard InChI is InChI=1S/C12H9BrOS2/c1-15-9-4-2-8(3-5-9)12(14)10-6-7-11(13)16-10/h2-7H,1H3. The van der Waals surface area contributed by atoms with E-state index in [9.17, 15) is 4.79 Å². The van der Waals surface area contributed by atoms with Gasteiger partial charge >= 0.3 is 0 Å². The second-order valence-corrected chi connectivity index (χ2v) is 6.50. The van der Waals surface area contributed by atoms with Gasteiger partial charge in [-0.05, 0) is 58.6 Å². The Labute approximate surface area is 111 Å². The topological polar surface area (TPSA) is 17.1 Å². The van der Waals surface area contributed by atoms with Gasteiger partial charge in [0.05, 0.1) is 8.66 Å². The molecule has 0 unspecified atom stereocenters. The molecule has 1 heterocycles. The van der Waals surface area contributed by atoms with E-state index < -0.39 is 0 Å². The van der Waals surface area contributed by atoms with Crippen LogP contribution in [-0.2, 0) is 0 Å². The number of halogens is 1. The molecular formula is C12H9BrOS2. The fraction of sp³-hybridized carbons (Fsp3) is 0.0833. The van der Waals surface area contributed by atoms with Crippen molar-refractivity contribution < 1.29 is 4.79 Å². The number of hydrogen-bond donors (Lipinski definition) is 0. The van der Waals surface area contributed by atoms with Crippen molar-refractivity contribution in [2.45, 2.75) is 4.90 Å². The second-order valence-electron chi connectivity index (χ2n) is 3.16. The molecule has 0 aliphatic heterocycles. The summed E-state index contributed by atoms with van der Waals surface area (Å²) < 4.78 is 0.983. The summed E-state index contributed by atoms with van der Waals surface area (Å²) >= 11 is 6.49. The molecular weight excluding hydrogens is 304 g/mol. The molecule has 0 radical (unpaired) electrons. The van der Waals surface area contributed by atoms with Gasteiger partial charge in [-0.1, -0.05) is 0 Å². The molecule has 0 N–H and O–H groups in total. The van der Waals surface area contributed by atoms with E-state index in [-0.39, 0.29) is 5.78 Å². The van der Waals surface area contributed by atoms with Crippen molar-refractivity contribution in [3.8, 4) is 0 Å². The summed E-state index contributed by atoms with van der Waals surface area (Å²) in [6.07, 6.45) is 2.02. The van der Waals surface area contributed by atoms with Crippen LogP contribution in [0.1, 0.15) is 15.2 Å². The van der Waals surface area contributed by atoms with Gasteiger partial charge in [-0.3, -0.25) is 4.79 Å². The molecule has 2 aromatic rings. The van der Waals surface area contributed by atoms with Gasteiger partial charge in [0, 0.05) is 10.5 Å². The van der Waals surface area contributed by atoms with Crippen molar-refractivity contribution >= 4 is 44.8 Å². The number of carbonyl (C=O) groups is 1. The normalized spacial score (nSPS) is 10.4. The van der Waals surface area contributed by atoms with Crippen LogP contribution in [0.2, 0.25) is 0 Å². The summed E-state index contributed by atoms with van der Waals surface area (Å²) in [7, 11) is 0. The molecule has 82 valence electrons. The fourth-order valence-corrected chi connectivity index (χ4v) is 3.08. The van der Waals surface area contributed by atoms with E-state index in [1.165, 1.54) is 16.2 Å². The number of benzene rings is 1. The lowest BCUT2D eigenvalue weighted by atomic mass is 10.1. The summed E-state index contributed by atoms with van der Waals surface area (Å²) in [6, 6.07) is 11.4. The first-order valence-corrected chi connectivity index (χ1v) is 7.48. The van der Waals surface area contributed by atoms with Crippen LogP contribution in [0.4, 0.5) is 0 Å². The summed E-state index contributed by atoms with van der Waals surface area (Å²) in [5.41, 5.74) is 0.743.